The maximum absolute atomic E-state index is 12.6. The molecular weight excluding hydrogens is 487 g/mol. The summed E-state index contributed by atoms with van der Waals surface area (Å²) in [7, 11) is 0. The van der Waals surface area contributed by atoms with E-state index in [0.29, 0.717) is 5.56 Å². The van der Waals surface area contributed by atoms with Gasteiger partial charge in [-0.25, -0.2) is 9.78 Å². The Balaban J connectivity index is 0.000000479. The second kappa shape index (κ2) is 11.9. The van der Waals surface area contributed by atoms with Gasteiger partial charge in [0.15, 0.2) is 0 Å². The summed E-state index contributed by atoms with van der Waals surface area (Å²) < 4.78 is 34.0. The highest BCUT2D eigenvalue weighted by Crippen LogP contribution is 2.28. The maximum Gasteiger partial charge on any atom is 0.490 e. The smallest absolute Gasteiger partial charge is 0.475 e. The molecule has 0 aliphatic carbocycles. The number of aromatic nitrogens is 2. The van der Waals surface area contributed by atoms with Crippen molar-refractivity contribution >= 4 is 34.5 Å². The van der Waals surface area contributed by atoms with Crippen LogP contribution in [0.4, 0.5) is 24.8 Å². The number of nitrogens with zero attached hydrogens (tertiary/aromatic N) is 3. The molecule has 1 atom stereocenters. The van der Waals surface area contributed by atoms with Crippen molar-refractivity contribution in [3.05, 3.63) is 65.7 Å². The van der Waals surface area contributed by atoms with Gasteiger partial charge in [0.25, 0.3) is 5.91 Å². The molecule has 1 fully saturated rings. The first-order valence-electron chi connectivity index (χ1n) is 11.8. The number of anilines is 2. The zero-order chi connectivity index (χ0) is 27.2. The minimum Gasteiger partial charge on any atom is -0.475 e. The van der Waals surface area contributed by atoms with Crippen molar-refractivity contribution in [1.82, 2.24) is 9.55 Å². The van der Waals surface area contributed by atoms with Gasteiger partial charge >= 0.3 is 12.1 Å². The monoisotopic (exact) mass is 517 g/mol. The summed E-state index contributed by atoms with van der Waals surface area (Å²) in [5.74, 6) is -1.93. The number of nitrogens with two attached hydrogens (primary N) is 1. The molecule has 1 aliphatic rings. The van der Waals surface area contributed by atoms with Crippen LogP contribution in [0.25, 0.3) is 11.0 Å². The van der Waals surface area contributed by atoms with Crippen LogP contribution in [-0.2, 0) is 11.3 Å². The van der Waals surface area contributed by atoms with Crippen LogP contribution in [0, 0.1) is 0 Å². The van der Waals surface area contributed by atoms with Crippen LogP contribution >= 0.6 is 0 Å². The zero-order valence-corrected chi connectivity index (χ0v) is 20.6. The average Bonchev–Trinajstić information content (AvgIpc) is 3.21. The second-order valence-electron chi connectivity index (χ2n) is 8.98. The molecule has 2 aromatic carbocycles. The lowest BCUT2D eigenvalue weighted by Gasteiger charge is -2.31. The number of piperidine rings is 1. The summed E-state index contributed by atoms with van der Waals surface area (Å²) in [6.07, 6.45) is -0.754. The Kier molecular flexibility index (Phi) is 8.93. The van der Waals surface area contributed by atoms with E-state index in [2.05, 4.69) is 34.7 Å². The minimum absolute atomic E-state index is 0.118. The number of alkyl halides is 3. The summed E-state index contributed by atoms with van der Waals surface area (Å²) in [6.45, 7) is 6.71. The van der Waals surface area contributed by atoms with Gasteiger partial charge < -0.3 is 25.6 Å². The van der Waals surface area contributed by atoms with E-state index in [1.54, 1.807) is 0 Å². The highest BCUT2D eigenvalue weighted by atomic mass is 19.4. The summed E-state index contributed by atoms with van der Waals surface area (Å²) >= 11 is 0. The number of nitrogens with one attached hydrogen (secondary N) is 1. The molecule has 0 saturated carbocycles. The third kappa shape index (κ3) is 7.56. The Morgan fingerprint density at radius 1 is 1.19 bits per heavy atom. The molecule has 8 nitrogen and oxygen atoms in total. The van der Waals surface area contributed by atoms with E-state index in [1.807, 2.05) is 48.5 Å². The molecular formula is C26H30F3N5O3. The highest BCUT2D eigenvalue weighted by Gasteiger charge is 2.38. The van der Waals surface area contributed by atoms with Gasteiger partial charge in [0.1, 0.15) is 0 Å². The molecule has 1 saturated heterocycles. The largest absolute Gasteiger partial charge is 0.490 e. The topological polar surface area (TPSA) is 113 Å². The lowest BCUT2D eigenvalue weighted by molar-refractivity contribution is -0.192. The van der Waals surface area contributed by atoms with E-state index in [0.717, 1.165) is 55.1 Å². The predicted octanol–water partition coefficient (Wildman–Crippen LogP) is 4.82. The number of carboxylic acid groups (broad SMARTS) is 1. The number of imidazole rings is 1. The van der Waals surface area contributed by atoms with E-state index >= 15 is 0 Å². The van der Waals surface area contributed by atoms with Crippen LogP contribution in [-0.4, -0.2) is 51.8 Å². The zero-order valence-electron chi connectivity index (χ0n) is 20.6. The fourth-order valence-corrected chi connectivity index (χ4v) is 3.87. The highest BCUT2D eigenvalue weighted by molar-refractivity contribution is 6.05. The first-order valence-corrected chi connectivity index (χ1v) is 11.8. The Labute approximate surface area is 212 Å². The van der Waals surface area contributed by atoms with Gasteiger partial charge in [0.2, 0.25) is 5.95 Å². The number of fused-ring (bicyclic) bond motifs is 1. The third-order valence-electron chi connectivity index (χ3n) is 5.69. The molecule has 4 rings (SSSR count). The van der Waals surface area contributed by atoms with Gasteiger partial charge in [-0.1, -0.05) is 29.8 Å². The molecule has 0 bridgehead atoms. The lowest BCUT2D eigenvalue weighted by Crippen LogP contribution is -2.43. The molecule has 0 radical (unpaired) electrons. The number of amides is 1. The number of aliphatic carboxylic acids is 1. The number of hydrogen-bond acceptors (Lipinski definition) is 5. The molecule has 1 amide bonds. The minimum atomic E-state index is -5.08. The molecule has 1 aromatic heterocycles. The average molecular weight is 518 g/mol. The van der Waals surface area contributed by atoms with E-state index < -0.39 is 12.1 Å². The van der Waals surface area contributed by atoms with Crippen molar-refractivity contribution < 1.29 is 27.9 Å². The van der Waals surface area contributed by atoms with Gasteiger partial charge in [-0.3, -0.25) is 4.79 Å². The second-order valence-corrected chi connectivity index (χ2v) is 8.98. The third-order valence-corrected chi connectivity index (χ3v) is 5.69. The van der Waals surface area contributed by atoms with Crippen molar-refractivity contribution in [3.63, 3.8) is 0 Å². The van der Waals surface area contributed by atoms with Crippen LogP contribution in [0.3, 0.4) is 0 Å². The van der Waals surface area contributed by atoms with E-state index in [1.165, 1.54) is 5.57 Å². The van der Waals surface area contributed by atoms with Crippen LogP contribution < -0.4 is 16.0 Å². The van der Waals surface area contributed by atoms with E-state index in [9.17, 15) is 18.0 Å². The number of carboxylic acids is 1. The van der Waals surface area contributed by atoms with Crippen LogP contribution in [0.1, 0.15) is 37.0 Å². The van der Waals surface area contributed by atoms with E-state index in [-0.39, 0.29) is 11.9 Å². The fraction of sp³-hybridized carbons (Fsp3) is 0.346. The van der Waals surface area contributed by atoms with Gasteiger partial charge in [-0.15, -0.1) is 0 Å². The van der Waals surface area contributed by atoms with Gasteiger partial charge in [-0.05, 0) is 57.0 Å². The summed E-state index contributed by atoms with van der Waals surface area (Å²) in [6, 6.07) is 15.3. The summed E-state index contributed by atoms with van der Waals surface area (Å²) in [5.41, 5.74) is 10.8. The normalized spacial score (nSPS) is 15.5. The Bertz CT molecular complexity index is 1270. The van der Waals surface area contributed by atoms with Crippen molar-refractivity contribution in [3.8, 4) is 0 Å². The quantitative estimate of drug-likeness (QED) is 0.419. The van der Waals surface area contributed by atoms with Crippen molar-refractivity contribution in [2.75, 3.05) is 23.3 Å². The van der Waals surface area contributed by atoms with Crippen LogP contribution in [0.5, 0.6) is 0 Å². The van der Waals surface area contributed by atoms with Gasteiger partial charge in [0.05, 0.1) is 11.0 Å². The van der Waals surface area contributed by atoms with Gasteiger partial charge in [0, 0.05) is 36.9 Å². The Hall–Kier alpha value is -3.86. The molecule has 0 spiro atoms. The lowest BCUT2D eigenvalue weighted by atomic mass is 10.1. The first-order chi connectivity index (χ1) is 17.5. The predicted molar refractivity (Wildman–Crippen MR) is 137 cm³/mol. The van der Waals surface area contributed by atoms with Crippen LogP contribution in [0.2, 0.25) is 0 Å². The molecule has 11 heteroatoms. The number of halogens is 3. The molecule has 198 valence electrons. The number of carbonyl (C=O) groups is 2. The van der Waals surface area contributed by atoms with Crippen molar-refractivity contribution in [2.24, 2.45) is 5.73 Å². The summed E-state index contributed by atoms with van der Waals surface area (Å²) in [5, 5.41) is 10.1. The number of hydrogen-bond donors (Lipinski definition) is 3. The van der Waals surface area contributed by atoms with E-state index in [4.69, 9.17) is 20.6 Å². The van der Waals surface area contributed by atoms with Crippen LogP contribution in [0.15, 0.2) is 60.2 Å². The molecule has 37 heavy (non-hydrogen) atoms. The fourth-order valence-electron chi connectivity index (χ4n) is 3.87. The molecule has 2 heterocycles. The molecule has 1 aliphatic heterocycles. The summed E-state index contributed by atoms with van der Waals surface area (Å²) in [4.78, 5) is 28.7. The van der Waals surface area contributed by atoms with Crippen molar-refractivity contribution in [2.45, 2.75) is 45.5 Å². The first kappa shape index (κ1) is 27.7. The molecule has 4 N–H and O–H groups in total. The Morgan fingerprint density at radius 3 is 2.46 bits per heavy atom. The number of carbonyl (C=O) groups excluding carboxylic acids is 1. The number of benzene rings is 2. The van der Waals surface area contributed by atoms with Gasteiger partial charge in [-0.2, -0.15) is 13.2 Å². The SMILES string of the molecule is CC(C)=CCn1c(N2CCC[C@@H](N)C2)nc2ccc(NC(=O)c3ccccc3)cc21.O=C(O)C(F)(F)F. The molecule has 0 unspecified atom stereocenters. The standard InChI is InChI=1S/C24H29N5O.C2HF3O2/c1-17(2)12-14-29-22-15-20(26-23(30)18-7-4-3-5-8-18)10-11-21(22)27-24(29)28-13-6-9-19(25)16-28;3-2(4,5)1(6)7/h3-5,7-8,10-12,15,19H,6,9,13-14,16,25H2,1-2H3,(H,26,30);(H,6,7)/t19-;/m1./s1. The molecule has 3 aromatic rings. The van der Waals surface area contributed by atoms with Crippen molar-refractivity contribution in [1.29, 1.82) is 0 Å². The number of allylic oxidation sites excluding steroid dienone is 2. The number of rotatable bonds is 5. The maximum atomic E-state index is 12.6. The Morgan fingerprint density at radius 2 is 1.86 bits per heavy atom.